The number of sulfonamides is 1. The van der Waals surface area contributed by atoms with Crippen LogP contribution in [0.2, 0.25) is 0 Å². The second-order valence-corrected chi connectivity index (χ2v) is 9.68. The molecular formula is C23H27N3O6S. The molecule has 1 atom stereocenters. The molecule has 0 aliphatic carbocycles. The van der Waals surface area contributed by atoms with Crippen LogP contribution in [0.1, 0.15) is 24.8 Å². The summed E-state index contributed by atoms with van der Waals surface area (Å²) in [5.41, 5.74) is 6.66. The molecule has 9 nitrogen and oxygen atoms in total. The third-order valence-corrected chi connectivity index (χ3v) is 7.31. The van der Waals surface area contributed by atoms with Crippen LogP contribution in [0.15, 0.2) is 59.5 Å². The number of hydrogen-bond donors (Lipinski definition) is 1. The molecule has 1 saturated heterocycles. The summed E-state index contributed by atoms with van der Waals surface area (Å²) < 4.78 is 32.4. The van der Waals surface area contributed by atoms with Crippen molar-refractivity contribution in [1.82, 2.24) is 4.31 Å². The van der Waals surface area contributed by atoms with Gasteiger partial charge in [-0.05, 0) is 44.0 Å². The Morgan fingerprint density at radius 3 is 2.39 bits per heavy atom. The lowest BCUT2D eigenvalue weighted by Crippen LogP contribution is -2.43. The fourth-order valence-corrected chi connectivity index (χ4v) is 5.29. The van der Waals surface area contributed by atoms with Crippen molar-refractivity contribution in [3.05, 3.63) is 60.2 Å². The first-order valence-corrected chi connectivity index (χ1v) is 12.0. The van der Waals surface area contributed by atoms with Crippen LogP contribution in [0, 0.1) is 6.92 Å². The van der Waals surface area contributed by atoms with Crippen molar-refractivity contribution in [2.45, 2.75) is 37.1 Å². The Morgan fingerprint density at radius 1 is 1.09 bits per heavy atom. The van der Waals surface area contributed by atoms with Gasteiger partial charge in [0.05, 0.1) is 4.90 Å². The Bertz CT molecular complexity index is 1100. The summed E-state index contributed by atoms with van der Waals surface area (Å²) in [5, 5.41) is 0. The van der Waals surface area contributed by atoms with E-state index in [2.05, 4.69) is 0 Å². The van der Waals surface area contributed by atoms with Gasteiger partial charge in [-0.15, -0.1) is 0 Å². The van der Waals surface area contributed by atoms with Gasteiger partial charge in [0.1, 0.15) is 6.04 Å². The summed E-state index contributed by atoms with van der Waals surface area (Å²) in [6, 6.07) is 14.0. The number of rotatable bonds is 9. The Morgan fingerprint density at radius 2 is 1.76 bits per heavy atom. The fourth-order valence-electron chi connectivity index (χ4n) is 3.64. The van der Waals surface area contributed by atoms with Crippen LogP contribution in [0.4, 0.5) is 5.69 Å². The van der Waals surface area contributed by atoms with Gasteiger partial charge in [-0.2, -0.15) is 4.31 Å². The predicted molar refractivity (Wildman–Crippen MR) is 122 cm³/mol. The molecule has 1 fully saturated rings. The molecule has 0 radical (unpaired) electrons. The number of anilines is 1. The third kappa shape index (κ3) is 5.96. The molecule has 0 aromatic heterocycles. The number of nitrogens with two attached hydrogens (primary N) is 1. The van der Waals surface area contributed by atoms with Crippen molar-refractivity contribution in [2.24, 2.45) is 5.73 Å². The van der Waals surface area contributed by atoms with Gasteiger partial charge in [-0.3, -0.25) is 14.4 Å². The molecule has 2 aromatic rings. The average molecular weight is 474 g/mol. The average Bonchev–Trinajstić information content (AvgIpc) is 3.29. The lowest BCUT2D eigenvalue weighted by molar-refractivity contribution is -0.151. The molecule has 2 aromatic carbocycles. The highest BCUT2D eigenvalue weighted by Crippen LogP contribution is 2.27. The first-order valence-electron chi connectivity index (χ1n) is 10.6. The van der Waals surface area contributed by atoms with Gasteiger partial charge in [0, 0.05) is 25.2 Å². The highest BCUT2D eigenvalue weighted by atomic mass is 32.2. The lowest BCUT2D eigenvalue weighted by Gasteiger charge is -2.24. The highest BCUT2D eigenvalue weighted by Gasteiger charge is 2.40. The van der Waals surface area contributed by atoms with Crippen molar-refractivity contribution in [1.29, 1.82) is 0 Å². The smallest absolute Gasteiger partial charge is 0.324 e. The molecule has 0 saturated carbocycles. The molecule has 1 heterocycles. The molecule has 176 valence electrons. The third-order valence-electron chi connectivity index (χ3n) is 5.39. The van der Waals surface area contributed by atoms with Crippen LogP contribution in [-0.4, -0.2) is 56.2 Å². The number of esters is 1. The maximum absolute atomic E-state index is 13.0. The standard InChI is InChI=1S/C23H27N3O6S/c1-17-9-11-19(12-10-17)33(30,31)26-14-5-8-20(26)23(29)32-16-22(28)25(15-13-21(24)27)18-6-3-2-4-7-18/h2-4,6-7,9-12,20H,5,8,13-16H2,1H3,(H2,24,27)/t20-/m0/s1. The normalized spacial score (nSPS) is 16.3. The van der Waals surface area contributed by atoms with Gasteiger partial charge in [0.15, 0.2) is 6.61 Å². The van der Waals surface area contributed by atoms with E-state index in [4.69, 9.17) is 10.5 Å². The topological polar surface area (TPSA) is 127 Å². The molecule has 10 heteroatoms. The van der Waals surface area contributed by atoms with Crippen LogP contribution in [0.5, 0.6) is 0 Å². The monoisotopic (exact) mass is 473 g/mol. The molecule has 0 bridgehead atoms. The number of nitrogens with zero attached hydrogens (tertiary/aromatic N) is 2. The highest BCUT2D eigenvalue weighted by molar-refractivity contribution is 7.89. The number of carbonyl (C=O) groups is 3. The van der Waals surface area contributed by atoms with E-state index in [1.54, 1.807) is 42.5 Å². The molecule has 33 heavy (non-hydrogen) atoms. The number of hydrogen-bond acceptors (Lipinski definition) is 6. The number of para-hydroxylation sites is 1. The van der Waals surface area contributed by atoms with E-state index >= 15 is 0 Å². The molecule has 3 rings (SSSR count). The zero-order valence-corrected chi connectivity index (χ0v) is 19.2. The van der Waals surface area contributed by atoms with E-state index in [9.17, 15) is 22.8 Å². The van der Waals surface area contributed by atoms with Gasteiger partial charge in [-0.1, -0.05) is 35.9 Å². The quantitative estimate of drug-likeness (QED) is 0.551. The molecule has 0 unspecified atom stereocenters. The largest absolute Gasteiger partial charge is 0.454 e. The van der Waals surface area contributed by atoms with E-state index in [1.807, 2.05) is 6.92 Å². The number of primary amides is 1. The number of ether oxygens (including phenoxy) is 1. The van der Waals surface area contributed by atoms with Gasteiger partial charge in [0.25, 0.3) is 5.91 Å². The van der Waals surface area contributed by atoms with Gasteiger partial charge >= 0.3 is 5.97 Å². The minimum absolute atomic E-state index is 0.0348. The van der Waals surface area contributed by atoms with Gasteiger partial charge in [0.2, 0.25) is 15.9 Å². The zero-order valence-electron chi connectivity index (χ0n) is 18.3. The summed E-state index contributed by atoms with van der Waals surface area (Å²) in [5.74, 6) is -1.88. The van der Waals surface area contributed by atoms with Gasteiger partial charge in [-0.25, -0.2) is 8.42 Å². The molecular weight excluding hydrogens is 446 g/mol. The molecule has 2 amide bonds. The lowest BCUT2D eigenvalue weighted by atomic mass is 10.2. The number of amides is 2. The van der Waals surface area contributed by atoms with Crippen LogP contribution in [-0.2, 0) is 29.1 Å². The van der Waals surface area contributed by atoms with E-state index in [-0.39, 0.29) is 24.4 Å². The summed E-state index contributed by atoms with van der Waals surface area (Å²) in [7, 11) is -3.88. The van der Waals surface area contributed by atoms with E-state index in [0.717, 1.165) is 9.87 Å². The minimum Gasteiger partial charge on any atom is -0.454 e. The Hall–Kier alpha value is -3.24. The Balaban J connectivity index is 1.68. The molecule has 1 aliphatic heterocycles. The second kappa shape index (κ2) is 10.6. The van der Waals surface area contributed by atoms with Crippen LogP contribution < -0.4 is 10.6 Å². The summed E-state index contributed by atoms with van der Waals surface area (Å²) in [4.78, 5) is 38.1. The van der Waals surface area contributed by atoms with Crippen molar-refractivity contribution < 1.29 is 27.5 Å². The van der Waals surface area contributed by atoms with Gasteiger partial charge < -0.3 is 15.4 Å². The summed E-state index contributed by atoms with van der Waals surface area (Å²) in [6.07, 6.45) is 0.759. The van der Waals surface area contributed by atoms with Crippen molar-refractivity contribution in [3.63, 3.8) is 0 Å². The predicted octanol–water partition coefficient (Wildman–Crippen LogP) is 1.60. The Kier molecular flexibility index (Phi) is 7.83. The van der Waals surface area contributed by atoms with E-state index in [0.29, 0.717) is 18.5 Å². The molecule has 1 aliphatic rings. The van der Waals surface area contributed by atoms with Crippen LogP contribution in [0.25, 0.3) is 0 Å². The Labute approximate surface area is 193 Å². The number of benzene rings is 2. The minimum atomic E-state index is -3.88. The van der Waals surface area contributed by atoms with Crippen molar-refractivity contribution in [3.8, 4) is 0 Å². The van der Waals surface area contributed by atoms with E-state index in [1.165, 1.54) is 17.0 Å². The van der Waals surface area contributed by atoms with Crippen molar-refractivity contribution in [2.75, 3.05) is 24.6 Å². The first-order chi connectivity index (χ1) is 15.7. The molecule has 0 spiro atoms. The maximum Gasteiger partial charge on any atom is 0.324 e. The number of carbonyl (C=O) groups excluding carboxylic acids is 3. The SMILES string of the molecule is Cc1ccc(S(=O)(=O)N2CCC[C@H]2C(=O)OCC(=O)N(CCC(N)=O)c2ccccc2)cc1. The molecule has 2 N–H and O–H groups in total. The summed E-state index contributed by atoms with van der Waals surface area (Å²) in [6.45, 7) is 1.50. The van der Waals surface area contributed by atoms with Crippen LogP contribution in [0.3, 0.4) is 0 Å². The first kappa shape index (κ1) is 24.4. The second-order valence-electron chi connectivity index (χ2n) is 7.79. The number of aryl methyl sites for hydroxylation is 1. The zero-order chi connectivity index (χ0) is 24.0. The van der Waals surface area contributed by atoms with Crippen LogP contribution >= 0.6 is 0 Å². The van der Waals surface area contributed by atoms with E-state index < -0.39 is 40.5 Å². The van der Waals surface area contributed by atoms with Crippen molar-refractivity contribution >= 4 is 33.5 Å². The summed E-state index contributed by atoms with van der Waals surface area (Å²) >= 11 is 0. The fraction of sp³-hybridized carbons (Fsp3) is 0.348. The maximum atomic E-state index is 13.0.